The van der Waals surface area contributed by atoms with Crippen LogP contribution in [-0.2, 0) is 23.8 Å². The fraction of sp³-hybridized carbons (Fsp3) is 0. The molecule has 0 aliphatic carbocycles. The molecule has 0 bridgehead atoms. The van der Waals surface area contributed by atoms with Crippen LogP contribution in [0.3, 0.4) is 0 Å². The van der Waals surface area contributed by atoms with E-state index in [2.05, 4.69) is 2.90 Å². The van der Waals surface area contributed by atoms with Crippen molar-refractivity contribution in [3.05, 3.63) is 0 Å². The Balaban J connectivity index is 3.75. The van der Waals surface area contributed by atoms with Gasteiger partial charge in [0.2, 0.25) is 0 Å². The Morgan fingerprint density at radius 2 is 0.889 bits per heavy atom. The average Bonchev–Trinajstić information content (AvgIpc) is 1.14. The van der Waals surface area contributed by atoms with Gasteiger partial charge < -0.3 is 0 Å². The van der Waals surface area contributed by atoms with Gasteiger partial charge >= 0.3 is 84.4 Å². The molecule has 0 aliphatic rings. The van der Waals surface area contributed by atoms with Crippen molar-refractivity contribution in [3.8, 4) is 0 Å². The molecule has 0 saturated heterocycles. The molecule has 0 aromatic heterocycles. The quantitative estimate of drug-likeness (QED) is 0.689. The van der Waals surface area contributed by atoms with Crippen LogP contribution >= 0.6 is 60.6 Å². The van der Waals surface area contributed by atoms with Crippen molar-refractivity contribution in [3.63, 3.8) is 0 Å². The van der Waals surface area contributed by atoms with Gasteiger partial charge in [-0.15, -0.1) is 0 Å². The van der Waals surface area contributed by atoms with E-state index in [0.29, 0.717) is 0 Å². The van der Waals surface area contributed by atoms with Crippen molar-refractivity contribution in [2.45, 2.75) is 0 Å². The molecular weight excluding hydrogens is 340 g/mol. The Labute approximate surface area is 83.3 Å². The first kappa shape index (κ1) is 11.7. The minimum atomic E-state index is -3.09. The third kappa shape index (κ3) is 10.7. The fourth-order valence-electron chi connectivity index (χ4n) is 0.0656. The van der Waals surface area contributed by atoms with Crippen molar-refractivity contribution in [1.29, 1.82) is 0 Å². The molecule has 0 amide bonds. The van der Waals surface area contributed by atoms with Crippen molar-refractivity contribution in [2.24, 2.45) is 0 Å². The molecule has 0 aliphatic heterocycles. The van der Waals surface area contributed by atoms with E-state index in [1.54, 1.807) is 0 Å². The first-order valence-electron chi connectivity index (χ1n) is 1.09. The number of hydrogen-bond acceptors (Lipinski definition) is 1. The van der Waals surface area contributed by atoms with Gasteiger partial charge in [-0.25, -0.2) is 0 Å². The molecule has 0 aromatic carbocycles. The van der Waals surface area contributed by atoms with E-state index in [1.165, 1.54) is 0 Å². The summed E-state index contributed by atoms with van der Waals surface area (Å²) in [5.74, 6) is 0. The van der Waals surface area contributed by atoms with Gasteiger partial charge in [-0.3, -0.25) is 0 Å². The van der Waals surface area contributed by atoms with Gasteiger partial charge in [0.25, 0.3) is 0 Å². The van der Waals surface area contributed by atoms with Crippen LogP contribution in [0.4, 0.5) is 0 Å². The summed E-state index contributed by atoms with van der Waals surface area (Å²) in [6.07, 6.45) is 0. The van der Waals surface area contributed by atoms with Gasteiger partial charge in [-0.1, -0.05) is 0 Å². The van der Waals surface area contributed by atoms with Crippen LogP contribution < -0.4 is 0 Å². The Morgan fingerprint density at radius 3 is 0.889 bits per heavy atom. The molecule has 1 nitrogen and oxygen atoms in total. The maximum absolute atomic E-state index is 5.23. The monoisotopic (exact) mass is 338 g/mol. The van der Waals surface area contributed by atoms with E-state index in [4.69, 9.17) is 60.6 Å². The molecule has 0 fully saturated rings. The van der Waals surface area contributed by atoms with Gasteiger partial charge in [-0.05, 0) is 0 Å². The average molecular weight is 340 g/mol. The molecule has 64 valence electrons. The minimum absolute atomic E-state index is 3.09. The van der Waals surface area contributed by atoms with E-state index in [1.807, 2.05) is 0 Å². The SMILES string of the molecule is [Cl][Fe]([Cl])([Cl])[O][Fe]([Cl])([Cl])[Cl]. The van der Waals surface area contributed by atoms with E-state index < -0.39 is 20.9 Å². The Bertz CT molecular complexity index is 76.2. The molecule has 0 heterocycles. The summed E-state index contributed by atoms with van der Waals surface area (Å²) >= 11 is 0. The van der Waals surface area contributed by atoms with E-state index in [0.717, 1.165) is 0 Å². The molecule has 9 heteroatoms. The second-order valence-electron chi connectivity index (χ2n) is 0.681. The Hall–Kier alpha value is 2.74. The molecule has 0 spiro atoms. The van der Waals surface area contributed by atoms with Crippen molar-refractivity contribution in [1.82, 2.24) is 0 Å². The van der Waals surface area contributed by atoms with Gasteiger partial charge in [0.15, 0.2) is 0 Å². The van der Waals surface area contributed by atoms with Crippen molar-refractivity contribution < 1.29 is 23.8 Å². The van der Waals surface area contributed by atoms with Crippen LogP contribution in [0.25, 0.3) is 0 Å². The van der Waals surface area contributed by atoms with E-state index in [-0.39, 0.29) is 0 Å². The third-order valence-corrected chi connectivity index (χ3v) is 5.90. The third-order valence-electron chi connectivity index (χ3n) is 0.116. The van der Waals surface area contributed by atoms with Crippen LogP contribution in [0.1, 0.15) is 0 Å². The van der Waals surface area contributed by atoms with Gasteiger partial charge in [0, 0.05) is 0 Å². The Morgan fingerprint density at radius 1 is 0.667 bits per heavy atom. The van der Waals surface area contributed by atoms with Crippen molar-refractivity contribution in [2.75, 3.05) is 0 Å². The first-order valence-corrected chi connectivity index (χ1v) is 11.1. The first-order chi connectivity index (χ1) is 3.71. The van der Waals surface area contributed by atoms with Gasteiger partial charge in [-0.2, -0.15) is 0 Å². The summed E-state index contributed by atoms with van der Waals surface area (Å²) in [6, 6.07) is 0. The van der Waals surface area contributed by atoms with Crippen LogP contribution in [0.15, 0.2) is 0 Å². The molecule has 0 saturated carbocycles. The number of halogens is 6. The number of rotatable bonds is 2. The Kier molecular flexibility index (Phi) is 5.36. The topological polar surface area (TPSA) is 9.23 Å². The number of hydrogen-bond donors (Lipinski definition) is 0. The van der Waals surface area contributed by atoms with Crippen LogP contribution in [0, 0.1) is 0 Å². The molecular formula is Cl6Fe2O. The fourth-order valence-corrected chi connectivity index (χ4v) is 10.0. The van der Waals surface area contributed by atoms with E-state index >= 15 is 0 Å². The zero-order valence-electron chi connectivity index (χ0n) is 3.38. The summed E-state index contributed by atoms with van der Waals surface area (Å²) in [5, 5.41) is 0. The van der Waals surface area contributed by atoms with Crippen LogP contribution in [0.5, 0.6) is 0 Å². The molecule has 0 unspecified atom stereocenters. The van der Waals surface area contributed by atoms with Gasteiger partial charge in [0.05, 0.1) is 0 Å². The maximum atomic E-state index is 5.23. The zero-order chi connectivity index (χ0) is 7.71. The normalized spacial score (nSPS) is 17.6. The predicted molar refractivity (Wildman–Crippen MR) is 36.2 cm³/mol. The van der Waals surface area contributed by atoms with Gasteiger partial charge in [0.1, 0.15) is 0 Å². The predicted octanol–water partition coefficient (Wildman–Crippen LogP) is 4.06. The summed E-state index contributed by atoms with van der Waals surface area (Å²) < 4.78 is 4.47. The second kappa shape index (κ2) is 4.11. The summed E-state index contributed by atoms with van der Waals surface area (Å²) in [6.45, 7) is 0. The molecule has 0 aromatic rings. The molecule has 0 rings (SSSR count). The molecule has 0 radical (unpaired) electrons. The molecule has 0 atom stereocenters. The van der Waals surface area contributed by atoms with Crippen molar-refractivity contribution >= 4 is 60.6 Å². The van der Waals surface area contributed by atoms with E-state index in [9.17, 15) is 0 Å². The summed E-state index contributed by atoms with van der Waals surface area (Å²) in [7, 11) is 25.2. The van der Waals surface area contributed by atoms with Crippen LogP contribution in [0.2, 0.25) is 0 Å². The zero-order valence-corrected chi connectivity index (χ0v) is 10.1. The summed E-state index contributed by atoms with van der Waals surface area (Å²) in [4.78, 5) is 0. The summed E-state index contributed by atoms with van der Waals surface area (Å²) in [5.41, 5.74) is 0. The van der Waals surface area contributed by atoms with Crippen LogP contribution in [-0.4, -0.2) is 0 Å². The second-order valence-corrected chi connectivity index (χ2v) is 16.2. The molecule has 0 N–H and O–H groups in total. The standard InChI is InChI=1S/6ClH.2Fe.O/h6*1H;;;/q;;;;;;2*+3;/p-6. The molecule has 9 heavy (non-hydrogen) atoms.